The highest BCUT2D eigenvalue weighted by molar-refractivity contribution is 4.43. The van der Waals surface area contributed by atoms with E-state index in [0.29, 0.717) is 0 Å². The van der Waals surface area contributed by atoms with Gasteiger partial charge in [0.1, 0.15) is 0 Å². The van der Waals surface area contributed by atoms with Crippen LogP contribution in [0, 0.1) is 6.92 Å². The van der Waals surface area contributed by atoms with Gasteiger partial charge in [0.05, 0.1) is 6.61 Å². The van der Waals surface area contributed by atoms with Gasteiger partial charge in [-0.15, -0.1) is 0 Å². The Bertz CT molecular complexity index is 57.2. The third-order valence-electron chi connectivity index (χ3n) is 0.475. The summed E-state index contributed by atoms with van der Waals surface area (Å²) >= 11 is 0. The van der Waals surface area contributed by atoms with Crippen molar-refractivity contribution in [2.24, 2.45) is 0 Å². The van der Waals surface area contributed by atoms with E-state index in [-0.39, 0.29) is 6.61 Å². The minimum absolute atomic E-state index is 0.272. The summed E-state index contributed by atoms with van der Waals surface area (Å²) in [5.74, 6) is 0. The second-order valence-corrected chi connectivity index (χ2v) is 1.06. The molecule has 0 amide bonds. The number of halogens is 3. The van der Waals surface area contributed by atoms with Gasteiger partial charge in [-0.3, -0.25) is 0 Å². The van der Waals surface area contributed by atoms with Crippen molar-refractivity contribution in [2.75, 3.05) is 6.61 Å². The van der Waals surface area contributed by atoms with Gasteiger partial charge in [0, 0.05) is 0 Å². The van der Waals surface area contributed by atoms with Crippen LogP contribution in [0.15, 0.2) is 0 Å². The number of hydrogen-bond acceptors (Lipinski definition) is 1. The summed E-state index contributed by atoms with van der Waals surface area (Å²) < 4.78 is 37.5. The van der Waals surface area contributed by atoms with Gasteiger partial charge in [-0.05, 0) is 6.92 Å². The molecule has 0 saturated carbocycles. The van der Waals surface area contributed by atoms with E-state index < -0.39 is 12.8 Å². The Kier molecular flexibility index (Phi) is 3.60. The monoisotopic (exact) mass is 127 g/mol. The minimum Gasteiger partial charge on any atom is -0.344 e. The maximum Gasteiger partial charge on any atom is 0.293 e. The van der Waals surface area contributed by atoms with Gasteiger partial charge in [-0.2, -0.15) is 0 Å². The molecule has 8 heavy (non-hydrogen) atoms. The summed E-state index contributed by atoms with van der Waals surface area (Å²) in [5, 5.41) is 0. The second kappa shape index (κ2) is 3.72. The van der Waals surface area contributed by atoms with Gasteiger partial charge in [-0.25, -0.2) is 13.2 Å². The average molecular weight is 127 g/mol. The molecule has 1 radical (unpaired) electrons. The van der Waals surface area contributed by atoms with Crippen LogP contribution < -0.4 is 0 Å². The van der Waals surface area contributed by atoms with Crippen molar-refractivity contribution in [1.82, 2.24) is 0 Å². The normalized spacial score (nSPS) is 14.6. The van der Waals surface area contributed by atoms with E-state index in [9.17, 15) is 13.2 Å². The van der Waals surface area contributed by atoms with Crippen molar-refractivity contribution in [2.45, 2.75) is 12.8 Å². The minimum atomic E-state index is -3.06. The zero-order valence-corrected chi connectivity index (χ0v) is 4.11. The molecule has 0 N–H and O–H groups in total. The first kappa shape index (κ1) is 7.75. The van der Waals surface area contributed by atoms with Crippen molar-refractivity contribution in [3.8, 4) is 0 Å². The fourth-order valence-corrected chi connectivity index (χ4v) is 0.185. The van der Waals surface area contributed by atoms with Crippen molar-refractivity contribution in [3.63, 3.8) is 0 Å². The van der Waals surface area contributed by atoms with E-state index in [1.165, 1.54) is 0 Å². The first-order chi connectivity index (χ1) is 3.68. The molecule has 0 aromatic heterocycles. The lowest BCUT2D eigenvalue weighted by Gasteiger charge is -2.04. The molecule has 1 nitrogen and oxygen atoms in total. The first-order valence-electron chi connectivity index (χ1n) is 2.01. The van der Waals surface area contributed by atoms with E-state index >= 15 is 0 Å². The summed E-state index contributed by atoms with van der Waals surface area (Å²) in [4.78, 5) is 0. The van der Waals surface area contributed by atoms with E-state index in [1.807, 2.05) is 0 Å². The summed E-state index contributed by atoms with van der Waals surface area (Å²) in [5.41, 5.74) is 0. The molecule has 0 aromatic rings. The summed E-state index contributed by atoms with van der Waals surface area (Å²) in [7, 11) is 0. The van der Waals surface area contributed by atoms with Crippen LogP contribution in [0.3, 0.4) is 0 Å². The van der Waals surface area contributed by atoms with E-state index in [1.54, 1.807) is 0 Å². The van der Waals surface area contributed by atoms with Crippen LogP contribution in [-0.4, -0.2) is 19.4 Å². The Morgan fingerprint density at radius 1 is 1.38 bits per heavy atom. The topological polar surface area (TPSA) is 9.23 Å². The largest absolute Gasteiger partial charge is 0.344 e. The number of ether oxygens (including phenoxy) is 1. The lowest BCUT2D eigenvalue weighted by molar-refractivity contribution is -0.120. The molecule has 0 saturated heterocycles. The zero-order chi connectivity index (χ0) is 6.57. The zero-order valence-electron chi connectivity index (χ0n) is 4.11. The van der Waals surface area contributed by atoms with Crippen LogP contribution in [0.25, 0.3) is 0 Å². The predicted octanol–water partition coefficient (Wildman–Crippen LogP) is 1.40. The average Bonchev–Trinajstić information content (AvgIpc) is 1.67. The van der Waals surface area contributed by atoms with Crippen LogP contribution in [0.2, 0.25) is 0 Å². The van der Waals surface area contributed by atoms with Gasteiger partial charge in [-0.1, -0.05) is 0 Å². The van der Waals surface area contributed by atoms with E-state index in [2.05, 4.69) is 11.7 Å². The van der Waals surface area contributed by atoms with Crippen LogP contribution in [-0.2, 0) is 4.74 Å². The smallest absolute Gasteiger partial charge is 0.293 e. The molecule has 49 valence electrons. The second-order valence-electron chi connectivity index (χ2n) is 1.06. The van der Waals surface area contributed by atoms with Gasteiger partial charge in [0.15, 0.2) is 0 Å². The highest BCUT2D eigenvalue weighted by atomic mass is 19.3. The van der Waals surface area contributed by atoms with Crippen molar-refractivity contribution < 1.29 is 17.9 Å². The Hall–Kier alpha value is -0.250. The van der Waals surface area contributed by atoms with Crippen LogP contribution in [0.4, 0.5) is 13.2 Å². The highest BCUT2D eigenvalue weighted by Gasteiger charge is 2.17. The van der Waals surface area contributed by atoms with E-state index in [0.717, 1.165) is 0 Å². The molecular weight excluding hydrogens is 121 g/mol. The molecule has 0 spiro atoms. The van der Waals surface area contributed by atoms with E-state index in [4.69, 9.17) is 0 Å². The molecule has 4 heteroatoms. The molecule has 0 aromatic carbocycles. The Balaban J connectivity index is 3.17. The Labute approximate surface area is 45.4 Å². The van der Waals surface area contributed by atoms with Crippen molar-refractivity contribution >= 4 is 0 Å². The maximum atomic E-state index is 11.5. The van der Waals surface area contributed by atoms with Gasteiger partial charge >= 0.3 is 0 Å². The van der Waals surface area contributed by atoms with Gasteiger partial charge in [0.25, 0.3) is 12.8 Å². The lowest BCUT2D eigenvalue weighted by atomic mass is 10.7. The molecule has 0 heterocycles. The number of hydrogen-bond donors (Lipinski definition) is 0. The summed E-state index contributed by atoms with van der Waals surface area (Å²) in [6.07, 6.45) is -5.54. The highest BCUT2D eigenvalue weighted by Crippen LogP contribution is 2.05. The van der Waals surface area contributed by atoms with Gasteiger partial charge in [0.2, 0.25) is 0 Å². The van der Waals surface area contributed by atoms with Crippen LogP contribution >= 0.6 is 0 Å². The first-order valence-corrected chi connectivity index (χ1v) is 2.01. The van der Waals surface area contributed by atoms with Crippen molar-refractivity contribution in [1.29, 1.82) is 0 Å². The van der Waals surface area contributed by atoms with Gasteiger partial charge < -0.3 is 4.74 Å². The Morgan fingerprint density at radius 2 is 1.88 bits per heavy atom. The fourth-order valence-electron chi connectivity index (χ4n) is 0.185. The molecular formula is C4H6F3O. The molecule has 0 aliphatic carbocycles. The quantitative estimate of drug-likeness (QED) is 0.556. The Morgan fingerprint density at radius 3 is 2.00 bits per heavy atom. The van der Waals surface area contributed by atoms with Crippen LogP contribution in [0.5, 0.6) is 0 Å². The molecule has 0 fully saturated rings. The SMILES string of the molecule is [CH2]COC(F)C(F)F. The third kappa shape index (κ3) is 2.85. The summed E-state index contributed by atoms with van der Waals surface area (Å²) in [6, 6.07) is 0. The predicted molar refractivity (Wildman–Crippen MR) is 22.2 cm³/mol. The summed E-state index contributed by atoms with van der Waals surface area (Å²) in [6.45, 7) is 2.74. The molecule has 1 atom stereocenters. The molecule has 1 unspecified atom stereocenters. The molecule has 0 aliphatic rings. The molecule has 0 rings (SSSR count). The third-order valence-corrected chi connectivity index (χ3v) is 0.475. The number of alkyl halides is 3. The van der Waals surface area contributed by atoms with Crippen LogP contribution in [0.1, 0.15) is 0 Å². The molecule has 0 aliphatic heterocycles. The standard InChI is InChI=1S/C4H6F3O/c1-2-8-4(7)3(5)6/h3-4H,1-2H2. The van der Waals surface area contributed by atoms with Crippen molar-refractivity contribution in [3.05, 3.63) is 6.92 Å². The molecule has 0 bridgehead atoms. The fraction of sp³-hybridized carbons (Fsp3) is 0.750. The lowest BCUT2D eigenvalue weighted by Crippen LogP contribution is -2.15. The maximum absolute atomic E-state index is 11.5. The number of rotatable bonds is 3.